The predicted molar refractivity (Wildman–Crippen MR) is 128 cm³/mol. The highest BCUT2D eigenvalue weighted by molar-refractivity contribution is 6.04. The minimum Gasteiger partial charge on any atom is -0.480 e. The number of rotatable bonds is 6. The van der Waals surface area contributed by atoms with Crippen LogP contribution in [0.5, 0.6) is 5.75 Å². The number of nitrogens with one attached hydrogen (secondary N) is 1. The van der Waals surface area contributed by atoms with Gasteiger partial charge < -0.3 is 15.0 Å². The zero-order valence-corrected chi connectivity index (χ0v) is 18.5. The fraction of sp³-hybridized carbons (Fsp3) is 0.333. The minimum absolute atomic E-state index is 0.0224. The Morgan fingerprint density at radius 1 is 0.906 bits per heavy atom. The predicted octanol–water partition coefficient (Wildman–Crippen LogP) is 5.65. The van der Waals surface area contributed by atoms with Crippen molar-refractivity contribution in [3.63, 3.8) is 0 Å². The highest BCUT2D eigenvalue weighted by Crippen LogP contribution is 2.27. The zero-order chi connectivity index (χ0) is 22.3. The normalized spacial score (nSPS) is 15.1. The van der Waals surface area contributed by atoms with Crippen LogP contribution in [0.15, 0.2) is 66.7 Å². The van der Waals surface area contributed by atoms with Gasteiger partial charge in [0.2, 0.25) is 0 Å². The Kier molecular flexibility index (Phi) is 7.05. The lowest BCUT2D eigenvalue weighted by molar-refractivity contribution is -0.122. The summed E-state index contributed by atoms with van der Waals surface area (Å²) in [5, 5.41) is 4.99. The third-order valence-electron chi connectivity index (χ3n) is 5.99. The molecule has 0 unspecified atom stereocenters. The van der Waals surface area contributed by atoms with Crippen molar-refractivity contribution < 1.29 is 14.3 Å². The maximum absolute atomic E-state index is 13.2. The van der Waals surface area contributed by atoms with Gasteiger partial charge in [0.15, 0.2) is 6.10 Å². The highest BCUT2D eigenvalue weighted by Gasteiger charge is 2.24. The molecule has 1 atom stereocenters. The van der Waals surface area contributed by atoms with Gasteiger partial charge in [-0.2, -0.15) is 0 Å². The van der Waals surface area contributed by atoms with Gasteiger partial charge in [-0.3, -0.25) is 9.59 Å². The smallest absolute Gasteiger partial charge is 0.265 e. The molecular formula is C27H30N2O3. The van der Waals surface area contributed by atoms with Crippen molar-refractivity contribution in [3.05, 3.63) is 72.3 Å². The van der Waals surface area contributed by atoms with E-state index in [0.717, 1.165) is 49.5 Å². The monoisotopic (exact) mass is 430 g/mol. The van der Waals surface area contributed by atoms with Crippen molar-refractivity contribution in [2.24, 2.45) is 0 Å². The molecule has 1 fully saturated rings. The number of ether oxygens (including phenoxy) is 1. The van der Waals surface area contributed by atoms with Crippen molar-refractivity contribution >= 4 is 28.3 Å². The molecule has 0 aromatic heterocycles. The second kappa shape index (κ2) is 10.3. The number of hydrogen-bond donors (Lipinski definition) is 1. The van der Waals surface area contributed by atoms with E-state index >= 15 is 0 Å². The molecule has 1 heterocycles. The van der Waals surface area contributed by atoms with Crippen LogP contribution in [-0.2, 0) is 4.79 Å². The van der Waals surface area contributed by atoms with Crippen LogP contribution in [0.1, 0.15) is 49.4 Å². The van der Waals surface area contributed by atoms with E-state index in [-0.39, 0.29) is 11.8 Å². The van der Waals surface area contributed by atoms with Crippen LogP contribution in [0.3, 0.4) is 0 Å². The number of anilines is 1. The lowest BCUT2D eigenvalue weighted by Crippen LogP contribution is -2.35. The Bertz CT molecular complexity index is 1080. The molecule has 5 nitrogen and oxygen atoms in total. The first-order valence-corrected chi connectivity index (χ1v) is 11.5. The Labute approximate surface area is 189 Å². The number of fused-ring (bicyclic) bond motifs is 1. The van der Waals surface area contributed by atoms with Crippen LogP contribution in [0.25, 0.3) is 10.8 Å². The first kappa shape index (κ1) is 21.9. The summed E-state index contributed by atoms with van der Waals surface area (Å²) in [5.74, 6) is 0.404. The highest BCUT2D eigenvalue weighted by atomic mass is 16.5. The molecule has 5 heteroatoms. The van der Waals surface area contributed by atoms with Crippen molar-refractivity contribution in [1.29, 1.82) is 0 Å². The molecule has 2 amide bonds. The Morgan fingerprint density at radius 3 is 2.38 bits per heavy atom. The summed E-state index contributed by atoms with van der Waals surface area (Å²) in [6.45, 7) is 3.45. The van der Waals surface area contributed by atoms with Gasteiger partial charge in [-0.25, -0.2) is 0 Å². The van der Waals surface area contributed by atoms with E-state index in [4.69, 9.17) is 4.74 Å². The van der Waals surface area contributed by atoms with E-state index in [1.165, 1.54) is 0 Å². The summed E-state index contributed by atoms with van der Waals surface area (Å²) in [6, 6.07) is 21.0. The van der Waals surface area contributed by atoms with Crippen LogP contribution in [0.2, 0.25) is 0 Å². The summed E-state index contributed by atoms with van der Waals surface area (Å²) in [6.07, 6.45) is 4.21. The molecule has 0 saturated carbocycles. The van der Waals surface area contributed by atoms with Crippen LogP contribution >= 0.6 is 0 Å². The van der Waals surface area contributed by atoms with Crippen LogP contribution in [0, 0.1) is 0 Å². The molecule has 0 spiro atoms. The number of likely N-dealkylation sites (tertiary alicyclic amines) is 1. The standard InChI is InChI=1S/C27H30N2O3/c1-2-24(32-25-17-11-13-20-12-5-6-14-21(20)25)26(30)28-23-16-8-7-15-22(23)27(31)29-18-9-3-4-10-19-29/h5-8,11-17,24H,2-4,9-10,18-19H2,1H3,(H,28,30)/t24-/m0/s1. The van der Waals surface area contributed by atoms with E-state index in [1.54, 1.807) is 12.1 Å². The summed E-state index contributed by atoms with van der Waals surface area (Å²) in [5.41, 5.74) is 1.06. The maximum atomic E-state index is 13.2. The molecule has 0 bridgehead atoms. The van der Waals surface area contributed by atoms with Crippen LogP contribution in [0.4, 0.5) is 5.69 Å². The third-order valence-corrected chi connectivity index (χ3v) is 5.99. The SMILES string of the molecule is CC[C@H](Oc1cccc2ccccc12)C(=O)Nc1ccccc1C(=O)N1CCCCCC1. The Hall–Kier alpha value is -3.34. The van der Waals surface area contributed by atoms with Crippen molar-refractivity contribution in [2.45, 2.75) is 45.1 Å². The van der Waals surface area contributed by atoms with Crippen molar-refractivity contribution in [3.8, 4) is 5.75 Å². The largest absolute Gasteiger partial charge is 0.480 e. The summed E-state index contributed by atoms with van der Waals surface area (Å²) in [7, 11) is 0. The van der Waals surface area contributed by atoms with Gasteiger partial charge in [0, 0.05) is 18.5 Å². The van der Waals surface area contributed by atoms with E-state index in [2.05, 4.69) is 5.32 Å². The topological polar surface area (TPSA) is 58.6 Å². The molecule has 1 aliphatic rings. The minimum atomic E-state index is -0.665. The molecule has 32 heavy (non-hydrogen) atoms. The Balaban J connectivity index is 1.52. The summed E-state index contributed by atoms with van der Waals surface area (Å²) < 4.78 is 6.14. The van der Waals surface area contributed by atoms with Crippen molar-refractivity contribution in [1.82, 2.24) is 4.90 Å². The number of hydrogen-bond acceptors (Lipinski definition) is 3. The fourth-order valence-electron chi connectivity index (χ4n) is 4.21. The van der Waals surface area contributed by atoms with Crippen LogP contribution < -0.4 is 10.1 Å². The lowest BCUT2D eigenvalue weighted by atomic mass is 10.1. The molecule has 0 radical (unpaired) electrons. The molecule has 166 valence electrons. The molecule has 1 N–H and O–H groups in total. The first-order chi connectivity index (χ1) is 15.7. The van der Waals surface area contributed by atoms with Crippen LogP contribution in [-0.4, -0.2) is 35.9 Å². The molecule has 1 aliphatic heterocycles. The second-order valence-electron chi connectivity index (χ2n) is 8.23. The maximum Gasteiger partial charge on any atom is 0.265 e. The van der Waals surface area contributed by atoms with Gasteiger partial charge in [0.1, 0.15) is 5.75 Å². The number of amides is 2. The average Bonchev–Trinajstić information content (AvgIpc) is 3.12. The van der Waals surface area contributed by atoms with E-state index in [1.807, 2.05) is 66.4 Å². The number of para-hydroxylation sites is 1. The Morgan fingerprint density at radius 2 is 1.59 bits per heavy atom. The van der Waals surface area contributed by atoms with E-state index in [0.29, 0.717) is 23.4 Å². The molecule has 0 aliphatic carbocycles. The molecule has 4 rings (SSSR count). The number of carbonyl (C=O) groups excluding carboxylic acids is 2. The van der Waals surface area contributed by atoms with Gasteiger partial charge in [-0.15, -0.1) is 0 Å². The van der Waals surface area contributed by atoms with Gasteiger partial charge in [-0.1, -0.05) is 68.3 Å². The van der Waals surface area contributed by atoms with Gasteiger partial charge >= 0.3 is 0 Å². The number of carbonyl (C=O) groups is 2. The van der Waals surface area contributed by atoms with E-state index in [9.17, 15) is 9.59 Å². The van der Waals surface area contributed by atoms with Crippen molar-refractivity contribution in [2.75, 3.05) is 18.4 Å². The second-order valence-corrected chi connectivity index (χ2v) is 8.23. The average molecular weight is 431 g/mol. The lowest BCUT2D eigenvalue weighted by Gasteiger charge is -2.23. The zero-order valence-electron chi connectivity index (χ0n) is 18.5. The summed E-state index contributed by atoms with van der Waals surface area (Å²) >= 11 is 0. The quantitative estimate of drug-likeness (QED) is 0.550. The van der Waals surface area contributed by atoms with Gasteiger partial charge in [-0.05, 0) is 42.8 Å². The molecule has 3 aromatic rings. The third kappa shape index (κ3) is 4.93. The van der Waals surface area contributed by atoms with Gasteiger partial charge in [0.05, 0.1) is 11.3 Å². The first-order valence-electron chi connectivity index (χ1n) is 11.5. The molecule has 3 aromatic carbocycles. The molecular weight excluding hydrogens is 400 g/mol. The molecule has 1 saturated heterocycles. The fourth-order valence-corrected chi connectivity index (χ4v) is 4.21. The van der Waals surface area contributed by atoms with E-state index < -0.39 is 6.10 Å². The number of nitrogens with zero attached hydrogens (tertiary/aromatic N) is 1. The number of benzene rings is 3. The van der Waals surface area contributed by atoms with Gasteiger partial charge in [0.25, 0.3) is 11.8 Å². The summed E-state index contributed by atoms with van der Waals surface area (Å²) in [4.78, 5) is 28.2.